The van der Waals surface area contributed by atoms with Gasteiger partial charge in [0.1, 0.15) is 6.61 Å². The largest absolute Gasteiger partial charge is 0.463 e. The van der Waals surface area contributed by atoms with E-state index in [0.29, 0.717) is 32.3 Å². The van der Waals surface area contributed by atoms with Crippen molar-refractivity contribution in [2.45, 2.75) is 57.7 Å². The Morgan fingerprint density at radius 1 is 1.28 bits per heavy atom. The van der Waals surface area contributed by atoms with Gasteiger partial charge in [-0.2, -0.15) is 0 Å². The van der Waals surface area contributed by atoms with E-state index in [1.807, 2.05) is 42.5 Å². The van der Waals surface area contributed by atoms with Crippen LogP contribution < -0.4 is 10.6 Å². The monoisotopic (exact) mass is 446 g/mol. The van der Waals surface area contributed by atoms with E-state index in [1.54, 1.807) is 6.92 Å². The maximum Gasteiger partial charge on any atom is 0.305 e. The van der Waals surface area contributed by atoms with Crippen molar-refractivity contribution < 1.29 is 29.0 Å². The first-order valence-corrected chi connectivity index (χ1v) is 11.1. The van der Waals surface area contributed by atoms with Crippen molar-refractivity contribution in [3.8, 4) is 0 Å². The van der Waals surface area contributed by atoms with Crippen LogP contribution in [0.3, 0.4) is 0 Å². The molecule has 2 amide bonds. The zero-order valence-corrected chi connectivity index (χ0v) is 18.6. The van der Waals surface area contributed by atoms with E-state index in [2.05, 4.69) is 10.6 Å². The summed E-state index contributed by atoms with van der Waals surface area (Å²) in [6, 6.07) is 8.74. The van der Waals surface area contributed by atoms with Crippen molar-refractivity contribution in [2.75, 3.05) is 19.8 Å². The molecular weight excluding hydrogens is 412 g/mol. The number of aliphatic hydroxyl groups is 1. The molecule has 1 aromatic carbocycles. The Bertz CT molecular complexity index is 752. The van der Waals surface area contributed by atoms with E-state index < -0.39 is 12.0 Å². The Morgan fingerprint density at radius 2 is 2.06 bits per heavy atom. The lowest BCUT2D eigenvalue weighted by Crippen LogP contribution is -2.46. The highest BCUT2D eigenvalue weighted by Gasteiger charge is 2.25. The van der Waals surface area contributed by atoms with E-state index in [9.17, 15) is 14.4 Å². The summed E-state index contributed by atoms with van der Waals surface area (Å²) in [6.07, 6.45) is 5.85. The molecule has 1 aliphatic heterocycles. The van der Waals surface area contributed by atoms with E-state index in [-0.39, 0.29) is 50.1 Å². The highest BCUT2D eigenvalue weighted by molar-refractivity contribution is 5.86. The first kappa shape index (κ1) is 25.5. The maximum absolute atomic E-state index is 13.0. The number of hydrogen-bond donors (Lipinski definition) is 3. The van der Waals surface area contributed by atoms with Crippen molar-refractivity contribution in [2.24, 2.45) is 5.92 Å². The third kappa shape index (κ3) is 10.1. The summed E-state index contributed by atoms with van der Waals surface area (Å²) in [4.78, 5) is 37.2. The molecule has 0 aromatic heterocycles. The molecule has 32 heavy (non-hydrogen) atoms. The summed E-state index contributed by atoms with van der Waals surface area (Å²) < 4.78 is 11.1. The summed E-state index contributed by atoms with van der Waals surface area (Å²) in [5, 5.41) is 14.7. The molecule has 8 nitrogen and oxygen atoms in total. The second-order valence-corrected chi connectivity index (χ2v) is 8.04. The van der Waals surface area contributed by atoms with Crippen LogP contribution in [0.5, 0.6) is 0 Å². The lowest BCUT2D eigenvalue weighted by molar-refractivity contribution is -0.146. The number of esters is 1. The van der Waals surface area contributed by atoms with Gasteiger partial charge in [0.15, 0.2) is 0 Å². The fourth-order valence-corrected chi connectivity index (χ4v) is 3.24. The van der Waals surface area contributed by atoms with Crippen molar-refractivity contribution in [3.05, 3.63) is 48.0 Å². The average molecular weight is 447 g/mol. The van der Waals surface area contributed by atoms with Gasteiger partial charge in [-0.3, -0.25) is 14.4 Å². The molecule has 0 unspecified atom stereocenters. The third-order valence-electron chi connectivity index (χ3n) is 5.05. The molecule has 1 heterocycles. The predicted molar refractivity (Wildman–Crippen MR) is 119 cm³/mol. The number of rotatable bonds is 8. The minimum Gasteiger partial charge on any atom is -0.463 e. The molecule has 3 atom stereocenters. The quantitative estimate of drug-likeness (QED) is 0.415. The number of nitrogens with one attached hydrogen (secondary N) is 2. The van der Waals surface area contributed by atoms with Crippen LogP contribution in [0.1, 0.15) is 44.6 Å². The lowest BCUT2D eigenvalue weighted by Gasteiger charge is -2.22. The molecule has 0 saturated heterocycles. The Kier molecular flexibility index (Phi) is 11.5. The number of aliphatic hydroxyl groups excluding tert-OH is 1. The molecule has 8 heteroatoms. The summed E-state index contributed by atoms with van der Waals surface area (Å²) in [5.41, 5.74) is 0.998. The number of hydrogen-bond acceptors (Lipinski definition) is 6. The van der Waals surface area contributed by atoms with Crippen molar-refractivity contribution in [1.29, 1.82) is 0 Å². The summed E-state index contributed by atoms with van der Waals surface area (Å²) in [5.74, 6) is -1.49. The fourth-order valence-electron chi connectivity index (χ4n) is 3.24. The molecule has 0 radical (unpaired) electrons. The normalized spacial score (nSPS) is 21.3. The van der Waals surface area contributed by atoms with Gasteiger partial charge >= 0.3 is 5.97 Å². The first-order valence-electron chi connectivity index (χ1n) is 11.1. The fraction of sp³-hybridized carbons (Fsp3) is 0.542. The Balaban J connectivity index is 2.02. The van der Waals surface area contributed by atoms with Gasteiger partial charge in [-0.05, 0) is 31.7 Å². The van der Waals surface area contributed by atoms with Gasteiger partial charge in [-0.1, -0.05) is 42.5 Å². The molecule has 0 spiro atoms. The zero-order chi connectivity index (χ0) is 23.2. The van der Waals surface area contributed by atoms with E-state index >= 15 is 0 Å². The molecule has 1 aromatic rings. The van der Waals surface area contributed by atoms with Crippen LogP contribution >= 0.6 is 0 Å². The van der Waals surface area contributed by atoms with Gasteiger partial charge in [-0.15, -0.1) is 0 Å². The van der Waals surface area contributed by atoms with Crippen LogP contribution in [0, 0.1) is 5.92 Å². The topological polar surface area (TPSA) is 114 Å². The Morgan fingerprint density at radius 3 is 2.81 bits per heavy atom. The van der Waals surface area contributed by atoms with Crippen molar-refractivity contribution >= 4 is 17.8 Å². The van der Waals surface area contributed by atoms with Gasteiger partial charge in [0.2, 0.25) is 11.8 Å². The van der Waals surface area contributed by atoms with Crippen LogP contribution in [0.4, 0.5) is 0 Å². The minimum absolute atomic E-state index is 0.00209. The number of carbonyl (C=O) groups excluding carboxylic acids is 3. The predicted octanol–water partition coefficient (Wildman–Crippen LogP) is 1.86. The average Bonchev–Trinajstić information content (AvgIpc) is 2.79. The number of benzene rings is 1. The van der Waals surface area contributed by atoms with Crippen LogP contribution in [0.25, 0.3) is 0 Å². The molecule has 0 saturated carbocycles. The number of amides is 2. The third-order valence-corrected chi connectivity index (χ3v) is 5.05. The van der Waals surface area contributed by atoms with Gasteiger partial charge in [0, 0.05) is 18.9 Å². The number of cyclic esters (lactones) is 1. The van der Waals surface area contributed by atoms with Crippen LogP contribution in [-0.4, -0.2) is 54.8 Å². The summed E-state index contributed by atoms with van der Waals surface area (Å²) in [6.45, 7) is 2.07. The number of carbonyl (C=O) groups is 3. The van der Waals surface area contributed by atoms with E-state index in [0.717, 1.165) is 5.56 Å². The Labute approximate surface area is 189 Å². The second kappa shape index (κ2) is 14.4. The van der Waals surface area contributed by atoms with E-state index in [1.165, 1.54) is 0 Å². The highest BCUT2D eigenvalue weighted by atomic mass is 16.5. The Hall–Kier alpha value is -2.71. The standard InChI is InChI=1S/C24H34N2O6/c1-18(14-27)25-22(28)13-20-11-7-2-3-8-12-23(29)32-17-21(26-24(20)30)16-31-15-19-9-5-4-6-10-19/h2,4-7,9-10,18,20-21,27H,3,8,11-17H2,1H3,(H,25,28)(H,26,30)/t18-,20+,21-/m0/s1. The molecule has 1 aliphatic rings. The van der Waals surface area contributed by atoms with Crippen LogP contribution in [0.15, 0.2) is 42.5 Å². The van der Waals surface area contributed by atoms with Crippen molar-refractivity contribution in [3.63, 3.8) is 0 Å². The van der Waals surface area contributed by atoms with Gasteiger partial charge < -0.3 is 25.2 Å². The van der Waals surface area contributed by atoms with Crippen LogP contribution in [-0.2, 0) is 30.5 Å². The maximum atomic E-state index is 13.0. The molecular formula is C24H34N2O6. The van der Waals surface area contributed by atoms with Gasteiger partial charge in [0.25, 0.3) is 0 Å². The zero-order valence-electron chi connectivity index (χ0n) is 18.6. The minimum atomic E-state index is -0.578. The molecule has 0 aliphatic carbocycles. The summed E-state index contributed by atoms with van der Waals surface area (Å²) in [7, 11) is 0. The molecule has 176 valence electrons. The second-order valence-electron chi connectivity index (χ2n) is 8.04. The molecule has 2 rings (SSSR count). The summed E-state index contributed by atoms with van der Waals surface area (Å²) >= 11 is 0. The van der Waals surface area contributed by atoms with E-state index in [4.69, 9.17) is 14.6 Å². The molecule has 3 N–H and O–H groups in total. The van der Waals surface area contributed by atoms with Gasteiger partial charge in [-0.25, -0.2) is 0 Å². The van der Waals surface area contributed by atoms with Gasteiger partial charge in [0.05, 0.1) is 31.8 Å². The SMILES string of the molecule is C[C@@H](CO)NC(=O)C[C@H]1CC=CCCCC(=O)OC[C@H](COCc2ccccc2)NC1=O. The smallest absolute Gasteiger partial charge is 0.305 e. The molecule has 0 bridgehead atoms. The first-order chi connectivity index (χ1) is 15.5. The van der Waals surface area contributed by atoms with Crippen molar-refractivity contribution in [1.82, 2.24) is 10.6 Å². The van der Waals surface area contributed by atoms with Crippen LogP contribution in [0.2, 0.25) is 0 Å². The number of ether oxygens (including phenoxy) is 2. The lowest BCUT2D eigenvalue weighted by atomic mass is 9.98. The highest BCUT2D eigenvalue weighted by Crippen LogP contribution is 2.13. The number of allylic oxidation sites excluding steroid dienone is 2. The molecule has 0 fully saturated rings.